The molecule has 104 valence electrons. The minimum absolute atomic E-state index is 0.194. The van der Waals surface area contributed by atoms with Crippen molar-refractivity contribution in [1.82, 2.24) is 0 Å². The molecule has 0 bridgehead atoms. The first-order valence-corrected chi connectivity index (χ1v) is 7.12. The number of hydrogen-bond acceptors (Lipinski definition) is 3. The van der Waals surface area contributed by atoms with Crippen LogP contribution in [-0.2, 0) is 0 Å². The van der Waals surface area contributed by atoms with Crippen molar-refractivity contribution < 1.29 is 14.3 Å². The quantitative estimate of drug-likeness (QED) is 0.689. The highest BCUT2D eigenvalue weighted by Gasteiger charge is 2.16. The molecule has 4 heteroatoms. The van der Waals surface area contributed by atoms with Crippen molar-refractivity contribution in [3.8, 4) is 28.2 Å². The van der Waals surface area contributed by atoms with E-state index in [4.69, 9.17) is 4.42 Å². The summed E-state index contributed by atoms with van der Waals surface area (Å²) in [7, 11) is 0. The van der Waals surface area contributed by atoms with Crippen molar-refractivity contribution in [2.24, 2.45) is 0 Å². The summed E-state index contributed by atoms with van der Waals surface area (Å²) in [5.74, 6) is 1.03. The Morgan fingerprint density at radius 3 is 2.43 bits per heavy atom. The molecule has 1 N–H and O–H groups in total. The molecule has 0 aliphatic carbocycles. The zero-order chi connectivity index (χ0) is 14.8. The molecule has 1 aromatic heterocycles. The fraction of sp³-hybridized carbons (Fsp3) is 0. The smallest absolute Gasteiger partial charge is 0.185 e. The maximum absolute atomic E-state index is 10.8. The molecule has 0 atom stereocenters. The van der Waals surface area contributed by atoms with Gasteiger partial charge in [0.05, 0.1) is 0 Å². The number of phenolic OH excluding ortho intramolecular Hbond substituents is 1. The Kier molecular flexibility index (Phi) is 3.62. The second kappa shape index (κ2) is 5.58. The highest BCUT2D eigenvalue weighted by Crippen LogP contribution is 2.41. The maximum Gasteiger partial charge on any atom is 0.185 e. The molecule has 0 aliphatic heterocycles. The predicted octanol–water partition coefficient (Wildman–Crippen LogP) is 4.89. The normalized spacial score (nSPS) is 10.5. The first-order valence-electron chi connectivity index (χ1n) is 6.33. The third-order valence-corrected chi connectivity index (χ3v) is 3.86. The lowest BCUT2D eigenvalue weighted by atomic mass is 9.97. The van der Waals surface area contributed by atoms with Crippen molar-refractivity contribution in [2.45, 2.75) is 0 Å². The number of benzene rings is 2. The van der Waals surface area contributed by atoms with E-state index in [9.17, 15) is 9.90 Å². The van der Waals surface area contributed by atoms with E-state index in [2.05, 4.69) is 15.9 Å². The summed E-state index contributed by atoms with van der Waals surface area (Å²) >= 11 is 3.51. The van der Waals surface area contributed by atoms with E-state index < -0.39 is 0 Å². The average Bonchev–Trinajstić information content (AvgIpc) is 2.96. The minimum Gasteiger partial charge on any atom is -0.507 e. The van der Waals surface area contributed by atoms with Gasteiger partial charge in [0.2, 0.25) is 0 Å². The number of furan rings is 1. The van der Waals surface area contributed by atoms with E-state index in [1.807, 2.05) is 30.3 Å². The van der Waals surface area contributed by atoms with Gasteiger partial charge in [-0.1, -0.05) is 46.3 Å². The third kappa shape index (κ3) is 2.50. The number of phenols is 1. The summed E-state index contributed by atoms with van der Waals surface area (Å²) in [4.78, 5) is 10.8. The predicted molar refractivity (Wildman–Crippen MR) is 84.3 cm³/mol. The Bertz CT molecular complexity index is 805. The van der Waals surface area contributed by atoms with Crippen molar-refractivity contribution in [3.05, 3.63) is 64.8 Å². The molecule has 0 aliphatic rings. The standard InChI is InChI=1S/C17H11BrO3/c18-14-6-3-5-13(12-4-1-2-7-15(12)20)17(14)16-9-8-11(10-19)21-16/h1-10,20H. The Morgan fingerprint density at radius 2 is 1.71 bits per heavy atom. The Morgan fingerprint density at radius 1 is 0.952 bits per heavy atom. The van der Waals surface area contributed by atoms with Crippen molar-refractivity contribution >= 4 is 22.2 Å². The first-order chi connectivity index (χ1) is 10.2. The average molecular weight is 343 g/mol. The number of hydrogen-bond donors (Lipinski definition) is 1. The zero-order valence-corrected chi connectivity index (χ0v) is 12.5. The fourth-order valence-corrected chi connectivity index (χ4v) is 2.81. The lowest BCUT2D eigenvalue weighted by Crippen LogP contribution is -1.86. The van der Waals surface area contributed by atoms with Crippen LogP contribution in [0.2, 0.25) is 0 Å². The van der Waals surface area contributed by atoms with Crippen LogP contribution in [0.15, 0.2) is 63.5 Å². The molecule has 3 rings (SSSR count). The minimum atomic E-state index is 0.194. The molecular weight excluding hydrogens is 332 g/mol. The number of halogens is 1. The van der Waals surface area contributed by atoms with Crippen LogP contribution in [0.5, 0.6) is 5.75 Å². The number of carbonyl (C=O) groups excluding carboxylic acids is 1. The number of carbonyl (C=O) groups is 1. The van der Waals surface area contributed by atoms with E-state index >= 15 is 0 Å². The van der Waals surface area contributed by atoms with E-state index in [1.54, 1.807) is 24.3 Å². The monoisotopic (exact) mass is 342 g/mol. The van der Waals surface area contributed by atoms with Gasteiger partial charge in [-0.2, -0.15) is 0 Å². The molecule has 21 heavy (non-hydrogen) atoms. The lowest BCUT2D eigenvalue weighted by molar-refractivity contribution is 0.110. The molecule has 3 aromatic rings. The number of aldehydes is 1. The molecule has 0 saturated heterocycles. The lowest BCUT2D eigenvalue weighted by Gasteiger charge is -2.11. The Balaban J connectivity index is 2.25. The SMILES string of the molecule is O=Cc1ccc(-c2c(Br)cccc2-c2ccccc2O)o1. The zero-order valence-electron chi connectivity index (χ0n) is 10.9. The molecule has 0 amide bonds. The highest BCUT2D eigenvalue weighted by atomic mass is 79.9. The Hall–Kier alpha value is -2.33. The van der Waals surface area contributed by atoms with E-state index in [0.29, 0.717) is 17.6 Å². The third-order valence-electron chi connectivity index (χ3n) is 3.20. The number of rotatable bonds is 3. The second-order valence-electron chi connectivity index (χ2n) is 4.50. The summed E-state index contributed by atoms with van der Waals surface area (Å²) in [6.07, 6.45) is 0.667. The van der Waals surface area contributed by atoms with Crippen LogP contribution in [0.1, 0.15) is 10.6 Å². The van der Waals surface area contributed by atoms with Crippen LogP contribution in [0.3, 0.4) is 0 Å². The molecule has 2 aromatic carbocycles. The molecular formula is C17H11BrO3. The van der Waals surface area contributed by atoms with Gasteiger partial charge in [0.25, 0.3) is 0 Å². The topological polar surface area (TPSA) is 50.4 Å². The van der Waals surface area contributed by atoms with Gasteiger partial charge < -0.3 is 9.52 Å². The van der Waals surface area contributed by atoms with Gasteiger partial charge in [0, 0.05) is 15.6 Å². The number of aromatic hydroxyl groups is 1. The first kappa shape index (κ1) is 13.6. The molecule has 0 fully saturated rings. The van der Waals surface area contributed by atoms with Gasteiger partial charge in [-0.25, -0.2) is 0 Å². The molecule has 1 heterocycles. The summed E-state index contributed by atoms with van der Waals surface area (Å²) in [5.41, 5.74) is 2.33. The Labute approximate surface area is 130 Å². The van der Waals surface area contributed by atoms with Crippen molar-refractivity contribution in [3.63, 3.8) is 0 Å². The van der Waals surface area contributed by atoms with E-state index in [0.717, 1.165) is 15.6 Å². The van der Waals surface area contributed by atoms with Crippen LogP contribution >= 0.6 is 15.9 Å². The molecule has 0 unspecified atom stereocenters. The summed E-state index contributed by atoms with van der Waals surface area (Å²) in [6.45, 7) is 0. The molecule has 0 spiro atoms. The largest absolute Gasteiger partial charge is 0.507 e. The van der Waals surface area contributed by atoms with Crippen LogP contribution in [0.4, 0.5) is 0 Å². The van der Waals surface area contributed by atoms with Gasteiger partial charge in [0.1, 0.15) is 11.5 Å². The maximum atomic E-state index is 10.8. The second-order valence-corrected chi connectivity index (χ2v) is 5.35. The summed E-state index contributed by atoms with van der Waals surface area (Å²) < 4.78 is 6.35. The van der Waals surface area contributed by atoms with Gasteiger partial charge in [-0.3, -0.25) is 4.79 Å². The van der Waals surface area contributed by atoms with Crippen molar-refractivity contribution in [1.29, 1.82) is 0 Å². The van der Waals surface area contributed by atoms with Gasteiger partial charge >= 0.3 is 0 Å². The van der Waals surface area contributed by atoms with Gasteiger partial charge in [-0.05, 0) is 29.8 Å². The van der Waals surface area contributed by atoms with Crippen LogP contribution in [-0.4, -0.2) is 11.4 Å². The van der Waals surface area contributed by atoms with E-state index in [1.165, 1.54) is 0 Å². The fourth-order valence-electron chi connectivity index (χ4n) is 2.25. The molecule has 0 radical (unpaired) electrons. The van der Waals surface area contributed by atoms with Crippen LogP contribution in [0.25, 0.3) is 22.5 Å². The van der Waals surface area contributed by atoms with E-state index in [-0.39, 0.29) is 11.5 Å². The van der Waals surface area contributed by atoms with Crippen LogP contribution < -0.4 is 0 Å². The summed E-state index contributed by atoms with van der Waals surface area (Å²) in [5, 5.41) is 10.1. The summed E-state index contributed by atoms with van der Waals surface area (Å²) in [6, 6.07) is 16.2. The number of para-hydroxylation sites is 1. The van der Waals surface area contributed by atoms with Gasteiger partial charge in [-0.15, -0.1) is 0 Å². The highest BCUT2D eigenvalue weighted by molar-refractivity contribution is 9.10. The van der Waals surface area contributed by atoms with Crippen molar-refractivity contribution in [2.75, 3.05) is 0 Å². The van der Waals surface area contributed by atoms with Gasteiger partial charge in [0.15, 0.2) is 12.0 Å². The molecule has 0 saturated carbocycles. The van der Waals surface area contributed by atoms with Crippen LogP contribution in [0, 0.1) is 0 Å². The molecule has 3 nitrogen and oxygen atoms in total.